The van der Waals surface area contributed by atoms with Crippen molar-refractivity contribution in [2.75, 3.05) is 0 Å². The van der Waals surface area contributed by atoms with Crippen molar-refractivity contribution < 1.29 is 5.11 Å². The summed E-state index contributed by atoms with van der Waals surface area (Å²) in [5.41, 5.74) is 2.52. The molecule has 0 heterocycles. The lowest BCUT2D eigenvalue weighted by atomic mass is 9.50. The summed E-state index contributed by atoms with van der Waals surface area (Å²) < 4.78 is 0. The first-order valence-electron chi connectivity index (χ1n) is 8.51. The number of hydrogen-bond acceptors (Lipinski definition) is 1. The van der Waals surface area contributed by atoms with Crippen LogP contribution in [-0.2, 0) is 6.42 Å². The van der Waals surface area contributed by atoms with Gasteiger partial charge in [0.2, 0.25) is 0 Å². The Morgan fingerprint density at radius 3 is 2.00 bits per heavy atom. The van der Waals surface area contributed by atoms with Crippen LogP contribution in [0.1, 0.15) is 56.3 Å². The molecule has 1 N–H and O–H groups in total. The summed E-state index contributed by atoms with van der Waals surface area (Å²) >= 11 is 0. The third kappa shape index (κ3) is 2.02. The highest BCUT2D eigenvalue weighted by Gasteiger charge is 2.50. The summed E-state index contributed by atoms with van der Waals surface area (Å²) in [6.07, 6.45) is 7.90. The number of aliphatic hydroxyl groups excluding tert-OH is 1. The molecule has 0 amide bonds. The van der Waals surface area contributed by atoms with Crippen LogP contribution in [0.2, 0.25) is 0 Å². The molecular formula is C19H26O. The van der Waals surface area contributed by atoms with Crippen molar-refractivity contribution in [2.45, 2.75) is 51.6 Å². The van der Waals surface area contributed by atoms with Crippen LogP contribution in [0, 0.1) is 29.6 Å². The third-order valence-corrected chi connectivity index (χ3v) is 6.39. The van der Waals surface area contributed by atoms with Crippen molar-refractivity contribution in [2.24, 2.45) is 29.6 Å². The zero-order valence-corrected chi connectivity index (χ0v) is 12.5. The van der Waals surface area contributed by atoms with E-state index in [9.17, 15) is 5.11 Å². The Balaban J connectivity index is 1.57. The highest BCUT2D eigenvalue weighted by atomic mass is 16.3. The molecule has 0 aliphatic heterocycles. The lowest BCUT2D eigenvalue weighted by Gasteiger charge is -2.55. The molecule has 4 bridgehead atoms. The highest BCUT2D eigenvalue weighted by molar-refractivity contribution is 5.25. The first-order chi connectivity index (χ1) is 9.74. The quantitative estimate of drug-likeness (QED) is 0.865. The number of aliphatic hydroxyl groups is 1. The van der Waals surface area contributed by atoms with Crippen molar-refractivity contribution in [3.63, 3.8) is 0 Å². The largest absolute Gasteiger partial charge is 0.388 e. The summed E-state index contributed by atoms with van der Waals surface area (Å²) in [7, 11) is 0. The van der Waals surface area contributed by atoms with Crippen LogP contribution in [0.25, 0.3) is 0 Å². The summed E-state index contributed by atoms with van der Waals surface area (Å²) in [5, 5.41) is 10.9. The molecule has 20 heavy (non-hydrogen) atoms. The van der Waals surface area contributed by atoms with Crippen molar-refractivity contribution in [3.8, 4) is 0 Å². The Labute approximate surface area is 122 Å². The molecule has 0 saturated heterocycles. The summed E-state index contributed by atoms with van der Waals surface area (Å²) in [5.74, 6) is 4.11. The Hall–Kier alpha value is -0.820. The average Bonchev–Trinajstić information content (AvgIpc) is 2.46. The fourth-order valence-electron chi connectivity index (χ4n) is 5.66. The minimum atomic E-state index is -0.226. The van der Waals surface area contributed by atoms with Gasteiger partial charge in [-0.2, -0.15) is 0 Å². The first-order valence-corrected chi connectivity index (χ1v) is 8.51. The highest BCUT2D eigenvalue weighted by Crippen LogP contribution is 2.59. The summed E-state index contributed by atoms with van der Waals surface area (Å²) in [6, 6.07) is 8.70. The SMILES string of the molecule is CCc1ccc(C(O)C2C3CC4CC(C3)CC2C4)cc1. The number of rotatable bonds is 3. The molecule has 1 heteroatoms. The van der Waals surface area contributed by atoms with Crippen LogP contribution >= 0.6 is 0 Å². The van der Waals surface area contributed by atoms with Crippen molar-refractivity contribution >= 4 is 0 Å². The third-order valence-electron chi connectivity index (χ3n) is 6.39. The van der Waals surface area contributed by atoms with Gasteiger partial charge in [-0.3, -0.25) is 0 Å². The van der Waals surface area contributed by atoms with Crippen molar-refractivity contribution in [1.29, 1.82) is 0 Å². The van der Waals surface area contributed by atoms with E-state index in [1.165, 1.54) is 37.7 Å². The van der Waals surface area contributed by atoms with E-state index in [1.807, 2.05) is 0 Å². The molecule has 4 fully saturated rings. The number of aryl methyl sites for hydroxylation is 1. The lowest BCUT2D eigenvalue weighted by Crippen LogP contribution is -2.47. The topological polar surface area (TPSA) is 20.2 Å². The van der Waals surface area contributed by atoms with Gasteiger partial charge in [-0.25, -0.2) is 0 Å². The molecule has 4 aliphatic carbocycles. The molecule has 4 aliphatic rings. The van der Waals surface area contributed by atoms with Gasteiger partial charge in [0, 0.05) is 0 Å². The van der Waals surface area contributed by atoms with E-state index in [-0.39, 0.29) is 6.10 Å². The molecule has 0 radical (unpaired) electrons. The molecule has 1 nitrogen and oxygen atoms in total. The maximum Gasteiger partial charge on any atom is 0.0823 e. The fourth-order valence-corrected chi connectivity index (χ4v) is 5.66. The average molecular weight is 270 g/mol. The van der Waals surface area contributed by atoms with Gasteiger partial charge in [-0.05, 0) is 79.2 Å². The second kappa shape index (κ2) is 4.87. The molecular weight excluding hydrogens is 244 g/mol. The Kier molecular flexibility index (Phi) is 3.14. The summed E-state index contributed by atoms with van der Waals surface area (Å²) in [6.45, 7) is 2.18. The first kappa shape index (κ1) is 12.9. The van der Waals surface area contributed by atoms with Crippen LogP contribution in [0.5, 0.6) is 0 Å². The molecule has 0 spiro atoms. The zero-order chi connectivity index (χ0) is 13.7. The van der Waals surface area contributed by atoms with E-state index >= 15 is 0 Å². The van der Waals surface area contributed by atoms with Gasteiger partial charge in [0.15, 0.2) is 0 Å². The predicted octanol–water partition coefficient (Wildman–Crippen LogP) is 4.35. The molecule has 1 aromatic rings. The van der Waals surface area contributed by atoms with Gasteiger partial charge in [0.1, 0.15) is 0 Å². The van der Waals surface area contributed by atoms with E-state index in [4.69, 9.17) is 0 Å². The lowest BCUT2D eigenvalue weighted by molar-refractivity contribution is -0.0908. The molecule has 5 rings (SSSR count). The Bertz CT molecular complexity index is 447. The van der Waals surface area contributed by atoms with E-state index in [2.05, 4.69) is 31.2 Å². The van der Waals surface area contributed by atoms with Crippen LogP contribution in [0.3, 0.4) is 0 Å². The smallest absolute Gasteiger partial charge is 0.0823 e. The monoisotopic (exact) mass is 270 g/mol. The van der Waals surface area contributed by atoms with Gasteiger partial charge >= 0.3 is 0 Å². The zero-order valence-electron chi connectivity index (χ0n) is 12.5. The maximum absolute atomic E-state index is 10.9. The molecule has 108 valence electrons. The van der Waals surface area contributed by atoms with Crippen LogP contribution in [0.15, 0.2) is 24.3 Å². The second-order valence-electron chi connectivity index (χ2n) is 7.55. The fraction of sp³-hybridized carbons (Fsp3) is 0.684. The standard InChI is InChI=1S/C19H26O/c1-2-12-3-5-15(6-4-12)19(20)18-16-8-13-7-14(10-16)11-17(18)9-13/h3-6,13-14,16-20H,2,7-11H2,1H3. The van der Waals surface area contributed by atoms with Gasteiger partial charge in [-0.15, -0.1) is 0 Å². The van der Waals surface area contributed by atoms with Crippen LogP contribution in [-0.4, -0.2) is 5.11 Å². The van der Waals surface area contributed by atoms with E-state index in [1.54, 1.807) is 0 Å². The molecule has 4 saturated carbocycles. The molecule has 1 aromatic carbocycles. The van der Waals surface area contributed by atoms with Gasteiger partial charge < -0.3 is 5.11 Å². The summed E-state index contributed by atoms with van der Waals surface area (Å²) in [4.78, 5) is 0. The molecule has 1 unspecified atom stereocenters. The van der Waals surface area contributed by atoms with Crippen LogP contribution < -0.4 is 0 Å². The van der Waals surface area contributed by atoms with Gasteiger partial charge in [0.05, 0.1) is 6.10 Å². The van der Waals surface area contributed by atoms with Gasteiger partial charge in [0.25, 0.3) is 0 Å². The Morgan fingerprint density at radius 2 is 1.50 bits per heavy atom. The van der Waals surface area contributed by atoms with Crippen molar-refractivity contribution in [1.82, 2.24) is 0 Å². The maximum atomic E-state index is 10.9. The van der Waals surface area contributed by atoms with Crippen molar-refractivity contribution in [3.05, 3.63) is 35.4 Å². The number of hydrogen-bond donors (Lipinski definition) is 1. The van der Waals surface area contributed by atoms with E-state index in [0.717, 1.165) is 35.7 Å². The number of benzene rings is 1. The van der Waals surface area contributed by atoms with E-state index < -0.39 is 0 Å². The van der Waals surface area contributed by atoms with Gasteiger partial charge in [-0.1, -0.05) is 31.2 Å². The van der Waals surface area contributed by atoms with Crippen LogP contribution in [0.4, 0.5) is 0 Å². The minimum absolute atomic E-state index is 0.226. The predicted molar refractivity (Wildman–Crippen MR) is 81.3 cm³/mol. The Morgan fingerprint density at radius 1 is 0.950 bits per heavy atom. The minimum Gasteiger partial charge on any atom is -0.388 e. The molecule has 1 atom stereocenters. The van der Waals surface area contributed by atoms with E-state index in [0.29, 0.717) is 5.92 Å². The second-order valence-corrected chi connectivity index (χ2v) is 7.55. The normalized spacial score (nSPS) is 40.0. The molecule has 0 aromatic heterocycles.